The Morgan fingerprint density at radius 2 is 1.15 bits per heavy atom. The third kappa shape index (κ3) is 13.6. The Morgan fingerprint density at radius 1 is 0.769 bits per heavy atom. The minimum absolute atomic E-state index is 0.0269. The van der Waals surface area contributed by atoms with Crippen LogP contribution in [0.1, 0.15) is 130 Å². The predicted molar refractivity (Wildman–Crippen MR) is 115 cm³/mol. The quantitative estimate of drug-likeness (QED) is 0.180. The van der Waals surface area contributed by atoms with Crippen LogP contribution >= 0.6 is 0 Å². The average molecular weight is 369 g/mol. The third-order valence-corrected chi connectivity index (χ3v) is 5.62. The summed E-state index contributed by atoms with van der Waals surface area (Å²) in [5.41, 5.74) is -0.292. The average Bonchev–Trinajstić information content (AvgIpc) is 2.60. The zero-order chi connectivity index (χ0) is 19.7. The van der Waals surface area contributed by atoms with Gasteiger partial charge in [-0.05, 0) is 25.7 Å². The van der Waals surface area contributed by atoms with Crippen molar-refractivity contribution in [2.24, 2.45) is 11.3 Å². The van der Waals surface area contributed by atoms with Crippen molar-refractivity contribution < 1.29 is 9.53 Å². The van der Waals surface area contributed by atoms with E-state index in [-0.39, 0.29) is 11.4 Å². The highest BCUT2D eigenvalue weighted by Crippen LogP contribution is 2.33. The van der Waals surface area contributed by atoms with Crippen LogP contribution in [0.2, 0.25) is 0 Å². The standard InChI is InChI=1S/C24H48O2/c1-6-7-8-9-10-11-12-13-14-15-16-17-18-19-20-24(4,21-22(2)3)23(25)26-5/h22H,6-21H2,1-5H3. The largest absolute Gasteiger partial charge is 0.469 e. The summed E-state index contributed by atoms with van der Waals surface area (Å²) >= 11 is 0. The van der Waals surface area contributed by atoms with Gasteiger partial charge in [0.05, 0.1) is 12.5 Å². The van der Waals surface area contributed by atoms with E-state index in [4.69, 9.17) is 4.74 Å². The number of esters is 1. The molecule has 0 bridgehead atoms. The Morgan fingerprint density at radius 3 is 1.50 bits per heavy atom. The fourth-order valence-electron chi connectivity index (χ4n) is 4.14. The Labute approximate surface area is 164 Å². The van der Waals surface area contributed by atoms with E-state index in [1.165, 1.54) is 90.6 Å². The van der Waals surface area contributed by atoms with Gasteiger partial charge < -0.3 is 4.74 Å². The number of rotatable bonds is 18. The molecule has 0 aliphatic carbocycles. The lowest BCUT2D eigenvalue weighted by molar-refractivity contribution is -0.153. The number of hydrogen-bond donors (Lipinski definition) is 0. The summed E-state index contributed by atoms with van der Waals surface area (Å²) in [5, 5.41) is 0. The zero-order valence-corrected chi connectivity index (χ0v) is 18.7. The summed E-state index contributed by atoms with van der Waals surface area (Å²) in [6.45, 7) is 8.74. The third-order valence-electron chi connectivity index (χ3n) is 5.62. The first-order valence-electron chi connectivity index (χ1n) is 11.5. The van der Waals surface area contributed by atoms with E-state index in [9.17, 15) is 4.79 Å². The number of ether oxygens (including phenoxy) is 1. The topological polar surface area (TPSA) is 26.3 Å². The highest BCUT2D eigenvalue weighted by Gasteiger charge is 2.34. The van der Waals surface area contributed by atoms with Gasteiger partial charge in [0.25, 0.3) is 0 Å². The molecule has 2 nitrogen and oxygen atoms in total. The Hall–Kier alpha value is -0.530. The lowest BCUT2D eigenvalue weighted by Crippen LogP contribution is -2.30. The molecule has 0 fully saturated rings. The molecule has 0 aromatic heterocycles. The van der Waals surface area contributed by atoms with Gasteiger partial charge in [-0.15, -0.1) is 0 Å². The number of unbranched alkanes of at least 4 members (excludes halogenated alkanes) is 13. The van der Waals surface area contributed by atoms with Crippen LogP contribution in [-0.4, -0.2) is 13.1 Å². The van der Waals surface area contributed by atoms with E-state index in [0.717, 1.165) is 19.3 Å². The molecule has 26 heavy (non-hydrogen) atoms. The van der Waals surface area contributed by atoms with Crippen LogP contribution in [0.4, 0.5) is 0 Å². The number of methoxy groups -OCH3 is 1. The lowest BCUT2D eigenvalue weighted by atomic mass is 9.77. The van der Waals surface area contributed by atoms with Crippen molar-refractivity contribution in [2.45, 2.75) is 130 Å². The second kappa shape index (κ2) is 16.6. The van der Waals surface area contributed by atoms with Crippen LogP contribution in [0.25, 0.3) is 0 Å². The minimum Gasteiger partial charge on any atom is -0.469 e. The molecule has 0 heterocycles. The van der Waals surface area contributed by atoms with Crippen molar-refractivity contribution in [1.82, 2.24) is 0 Å². The molecule has 0 spiro atoms. The maximum absolute atomic E-state index is 12.1. The van der Waals surface area contributed by atoms with Crippen molar-refractivity contribution in [2.75, 3.05) is 7.11 Å². The van der Waals surface area contributed by atoms with E-state index in [1.807, 2.05) is 0 Å². The van der Waals surface area contributed by atoms with E-state index in [2.05, 4.69) is 27.7 Å². The predicted octanol–water partition coefficient (Wildman–Crippen LogP) is 8.08. The first-order valence-corrected chi connectivity index (χ1v) is 11.5. The van der Waals surface area contributed by atoms with Crippen LogP contribution in [0.15, 0.2) is 0 Å². The van der Waals surface area contributed by atoms with Crippen LogP contribution < -0.4 is 0 Å². The molecule has 0 aliphatic heterocycles. The van der Waals surface area contributed by atoms with Gasteiger partial charge in [-0.2, -0.15) is 0 Å². The molecule has 0 saturated carbocycles. The van der Waals surface area contributed by atoms with Crippen molar-refractivity contribution in [3.63, 3.8) is 0 Å². The second-order valence-electron chi connectivity index (χ2n) is 9.00. The summed E-state index contributed by atoms with van der Waals surface area (Å²) in [6.07, 6.45) is 21.1. The number of hydrogen-bond acceptors (Lipinski definition) is 2. The summed E-state index contributed by atoms with van der Waals surface area (Å²) < 4.78 is 5.05. The highest BCUT2D eigenvalue weighted by atomic mass is 16.5. The van der Waals surface area contributed by atoms with E-state index < -0.39 is 0 Å². The van der Waals surface area contributed by atoms with Crippen LogP contribution in [-0.2, 0) is 9.53 Å². The van der Waals surface area contributed by atoms with Gasteiger partial charge in [-0.25, -0.2) is 0 Å². The van der Waals surface area contributed by atoms with Crippen LogP contribution in [0.3, 0.4) is 0 Å². The molecule has 0 N–H and O–H groups in total. The molecule has 2 heteroatoms. The number of carbonyl (C=O) groups excluding carboxylic acids is 1. The van der Waals surface area contributed by atoms with Gasteiger partial charge in [0.2, 0.25) is 0 Å². The molecule has 156 valence electrons. The summed E-state index contributed by atoms with van der Waals surface area (Å²) in [4.78, 5) is 12.1. The molecule has 0 aliphatic rings. The summed E-state index contributed by atoms with van der Waals surface area (Å²) in [6, 6.07) is 0. The molecule has 0 saturated heterocycles. The monoisotopic (exact) mass is 368 g/mol. The first-order chi connectivity index (χ1) is 12.5. The van der Waals surface area contributed by atoms with Gasteiger partial charge in [-0.1, -0.05) is 111 Å². The fraction of sp³-hybridized carbons (Fsp3) is 0.958. The van der Waals surface area contributed by atoms with Gasteiger partial charge in [-0.3, -0.25) is 4.79 Å². The molecule has 0 aromatic carbocycles. The molecule has 0 amide bonds. The molecule has 0 radical (unpaired) electrons. The molecular formula is C24H48O2. The highest BCUT2D eigenvalue weighted by molar-refractivity contribution is 5.76. The molecule has 1 unspecified atom stereocenters. The van der Waals surface area contributed by atoms with Crippen molar-refractivity contribution >= 4 is 5.97 Å². The molecule has 1 atom stereocenters. The SMILES string of the molecule is CCCCCCCCCCCCCCCCC(C)(CC(C)C)C(=O)OC. The lowest BCUT2D eigenvalue weighted by Gasteiger charge is -2.28. The van der Waals surface area contributed by atoms with Gasteiger partial charge in [0.1, 0.15) is 0 Å². The smallest absolute Gasteiger partial charge is 0.311 e. The summed E-state index contributed by atoms with van der Waals surface area (Å²) in [5.74, 6) is 0.506. The normalized spacial score (nSPS) is 13.8. The van der Waals surface area contributed by atoms with Crippen molar-refractivity contribution in [1.29, 1.82) is 0 Å². The van der Waals surface area contributed by atoms with E-state index >= 15 is 0 Å². The van der Waals surface area contributed by atoms with Gasteiger partial charge in [0, 0.05) is 0 Å². The van der Waals surface area contributed by atoms with Gasteiger partial charge >= 0.3 is 5.97 Å². The van der Waals surface area contributed by atoms with Gasteiger partial charge in [0.15, 0.2) is 0 Å². The molecule has 0 aromatic rings. The van der Waals surface area contributed by atoms with Crippen molar-refractivity contribution in [3.8, 4) is 0 Å². The maximum Gasteiger partial charge on any atom is 0.311 e. The first kappa shape index (κ1) is 25.5. The minimum atomic E-state index is -0.292. The van der Waals surface area contributed by atoms with Crippen LogP contribution in [0, 0.1) is 11.3 Å². The summed E-state index contributed by atoms with van der Waals surface area (Å²) in [7, 11) is 1.52. The molecule has 0 rings (SSSR count). The van der Waals surface area contributed by atoms with E-state index in [0.29, 0.717) is 5.92 Å². The Bertz CT molecular complexity index is 324. The Balaban J connectivity index is 3.55. The van der Waals surface area contributed by atoms with Crippen molar-refractivity contribution in [3.05, 3.63) is 0 Å². The van der Waals surface area contributed by atoms with E-state index in [1.54, 1.807) is 0 Å². The fourth-order valence-corrected chi connectivity index (χ4v) is 4.14. The zero-order valence-electron chi connectivity index (χ0n) is 18.7. The second-order valence-corrected chi connectivity index (χ2v) is 9.00. The molecular weight excluding hydrogens is 320 g/mol. The number of carbonyl (C=O) groups is 1. The Kier molecular flexibility index (Phi) is 16.3. The maximum atomic E-state index is 12.1. The van der Waals surface area contributed by atoms with Crippen LogP contribution in [0.5, 0.6) is 0 Å².